The van der Waals surface area contributed by atoms with Crippen molar-refractivity contribution in [2.24, 2.45) is 13.0 Å². The van der Waals surface area contributed by atoms with E-state index in [1.165, 1.54) is 12.8 Å². The van der Waals surface area contributed by atoms with Gasteiger partial charge in [0.1, 0.15) is 6.10 Å². The number of hydrogen-bond donors (Lipinski definition) is 1. The standard InChI is InChI=1S/C17H25N5O2/c1-12-20-16(21-24-12)17(7-3-4-8-17)18-11-13-6-10-23-15(13)14-5-9-19-22(14)2/h5,9,13,15,18H,3-4,6-8,10-11H2,1-2H3/t13-,15+/m0/s1. The largest absolute Gasteiger partial charge is 0.372 e. The molecule has 1 aliphatic carbocycles. The molecule has 4 rings (SSSR count). The van der Waals surface area contributed by atoms with Crippen molar-refractivity contribution in [2.75, 3.05) is 13.2 Å². The predicted molar refractivity (Wildman–Crippen MR) is 87.2 cm³/mol. The summed E-state index contributed by atoms with van der Waals surface area (Å²) in [6, 6.07) is 2.05. The molecule has 1 aliphatic heterocycles. The first-order chi connectivity index (χ1) is 11.7. The number of rotatable bonds is 5. The average Bonchev–Trinajstić information content (AvgIpc) is 3.32. The van der Waals surface area contributed by atoms with Crippen molar-refractivity contribution >= 4 is 0 Å². The topological polar surface area (TPSA) is 78.0 Å². The lowest BCUT2D eigenvalue weighted by molar-refractivity contribution is 0.0810. The molecule has 2 aliphatic rings. The lowest BCUT2D eigenvalue weighted by Crippen LogP contribution is -2.43. The van der Waals surface area contributed by atoms with Gasteiger partial charge in [-0.2, -0.15) is 10.1 Å². The molecule has 1 saturated carbocycles. The van der Waals surface area contributed by atoms with Gasteiger partial charge in [-0.25, -0.2) is 0 Å². The minimum Gasteiger partial charge on any atom is -0.372 e. The Kier molecular flexibility index (Phi) is 4.14. The smallest absolute Gasteiger partial charge is 0.223 e. The van der Waals surface area contributed by atoms with Crippen LogP contribution in [0.4, 0.5) is 0 Å². The highest BCUT2D eigenvalue weighted by Crippen LogP contribution is 2.39. The molecule has 7 nitrogen and oxygen atoms in total. The van der Waals surface area contributed by atoms with Gasteiger partial charge in [-0.15, -0.1) is 0 Å². The molecular weight excluding hydrogens is 306 g/mol. The van der Waals surface area contributed by atoms with E-state index in [9.17, 15) is 0 Å². The van der Waals surface area contributed by atoms with Gasteiger partial charge in [-0.05, 0) is 25.3 Å². The van der Waals surface area contributed by atoms with E-state index in [1.54, 1.807) is 0 Å². The van der Waals surface area contributed by atoms with Crippen LogP contribution in [0.3, 0.4) is 0 Å². The third-order valence-corrected chi connectivity index (χ3v) is 5.48. The monoisotopic (exact) mass is 331 g/mol. The van der Waals surface area contributed by atoms with E-state index in [1.807, 2.05) is 24.9 Å². The maximum absolute atomic E-state index is 6.00. The lowest BCUT2D eigenvalue weighted by Gasteiger charge is -2.29. The van der Waals surface area contributed by atoms with E-state index in [2.05, 4.69) is 26.6 Å². The number of aromatic nitrogens is 4. The average molecular weight is 331 g/mol. The maximum Gasteiger partial charge on any atom is 0.223 e. The van der Waals surface area contributed by atoms with E-state index in [0.29, 0.717) is 11.8 Å². The number of ether oxygens (including phenoxy) is 1. The molecule has 0 bridgehead atoms. The molecule has 0 spiro atoms. The van der Waals surface area contributed by atoms with Gasteiger partial charge < -0.3 is 14.6 Å². The second-order valence-corrected chi connectivity index (χ2v) is 7.03. The lowest BCUT2D eigenvalue weighted by atomic mass is 9.93. The quantitative estimate of drug-likeness (QED) is 0.905. The summed E-state index contributed by atoms with van der Waals surface area (Å²) in [5.74, 6) is 1.88. The van der Waals surface area contributed by atoms with Gasteiger partial charge in [0.05, 0.1) is 11.2 Å². The Morgan fingerprint density at radius 2 is 2.21 bits per heavy atom. The van der Waals surface area contributed by atoms with Crippen molar-refractivity contribution in [3.63, 3.8) is 0 Å². The molecule has 1 N–H and O–H groups in total. The molecular formula is C17H25N5O2. The van der Waals surface area contributed by atoms with E-state index < -0.39 is 0 Å². The molecule has 0 unspecified atom stereocenters. The molecule has 130 valence electrons. The third-order valence-electron chi connectivity index (χ3n) is 5.48. The first-order valence-electron chi connectivity index (χ1n) is 8.83. The van der Waals surface area contributed by atoms with Crippen LogP contribution >= 0.6 is 0 Å². The molecule has 2 aromatic rings. The van der Waals surface area contributed by atoms with Crippen LogP contribution < -0.4 is 5.32 Å². The highest BCUT2D eigenvalue weighted by atomic mass is 16.5. The predicted octanol–water partition coefficient (Wildman–Crippen LogP) is 2.25. The Bertz CT molecular complexity index is 689. The van der Waals surface area contributed by atoms with Crippen molar-refractivity contribution in [2.45, 2.75) is 50.7 Å². The van der Waals surface area contributed by atoms with Crippen molar-refractivity contribution < 1.29 is 9.26 Å². The summed E-state index contributed by atoms with van der Waals surface area (Å²) in [4.78, 5) is 4.51. The fourth-order valence-corrected chi connectivity index (χ4v) is 4.11. The van der Waals surface area contributed by atoms with Crippen molar-refractivity contribution in [3.8, 4) is 0 Å². The fourth-order valence-electron chi connectivity index (χ4n) is 4.11. The van der Waals surface area contributed by atoms with E-state index in [4.69, 9.17) is 9.26 Å². The molecule has 0 amide bonds. The van der Waals surface area contributed by atoms with Crippen LogP contribution in [0.15, 0.2) is 16.8 Å². The van der Waals surface area contributed by atoms with E-state index >= 15 is 0 Å². The van der Waals surface area contributed by atoms with Gasteiger partial charge >= 0.3 is 0 Å². The summed E-state index contributed by atoms with van der Waals surface area (Å²) in [5, 5.41) is 12.3. The molecule has 0 radical (unpaired) electrons. The molecule has 2 atom stereocenters. The van der Waals surface area contributed by atoms with Crippen LogP contribution in [-0.2, 0) is 17.3 Å². The zero-order valence-electron chi connectivity index (χ0n) is 14.4. The van der Waals surface area contributed by atoms with Gasteiger partial charge in [-0.1, -0.05) is 18.0 Å². The summed E-state index contributed by atoms with van der Waals surface area (Å²) in [6.45, 7) is 3.54. The minimum absolute atomic E-state index is 0.107. The van der Waals surface area contributed by atoms with Crippen LogP contribution in [0, 0.1) is 12.8 Å². The fraction of sp³-hybridized carbons (Fsp3) is 0.706. The van der Waals surface area contributed by atoms with Crippen molar-refractivity contribution in [3.05, 3.63) is 29.7 Å². The Morgan fingerprint density at radius 1 is 1.38 bits per heavy atom. The number of hydrogen-bond acceptors (Lipinski definition) is 6. The second-order valence-electron chi connectivity index (χ2n) is 7.03. The molecule has 2 aromatic heterocycles. The Morgan fingerprint density at radius 3 is 2.88 bits per heavy atom. The summed E-state index contributed by atoms with van der Waals surface area (Å²) >= 11 is 0. The second kappa shape index (κ2) is 6.29. The van der Waals surface area contributed by atoms with Crippen LogP contribution in [0.1, 0.15) is 55.6 Å². The number of nitrogens with one attached hydrogen (secondary N) is 1. The first-order valence-corrected chi connectivity index (χ1v) is 8.83. The summed E-state index contributed by atoms with van der Waals surface area (Å²) in [6.07, 6.45) is 7.54. The highest BCUT2D eigenvalue weighted by Gasteiger charge is 2.41. The number of nitrogens with zero attached hydrogens (tertiary/aromatic N) is 4. The highest BCUT2D eigenvalue weighted by molar-refractivity contribution is 5.11. The zero-order chi connectivity index (χ0) is 16.6. The van der Waals surface area contributed by atoms with Gasteiger partial charge in [0, 0.05) is 39.2 Å². The molecule has 2 fully saturated rings. The minimum atomic E-state index is -0.142. The van der Waals surface area contributed by atoms with Crippen LogP contribution in [0.2, 0.25) is 0 Å². The Balaban J connectivity index is 1.49. The van der Waals surface area contributed by atoms with Crippen molar-refractivity contribution in [1.82, 2.24) is 25.2 Å². The zero-order valence-corrected chi connectivity index (χ0v) is 14.4. The summed E-state index contributed by atoms with van der Waals surface area (Å²) in [7, 11) is 1.97. The summed E-state index contributed by atoms with van der Waals surface area (Å²) in [5.41, 5.74) is 1.01. The Hall–Kier alpha value is -1.73. The molecule has 7 heteroatoms. The molecule has 1 saturated heterocycles. The maximum atomic E-state index is 6.00. The van der Waals surface area contributed by atoms with Gasteiger partial charge in [0.2, 0.25) is 5.89 Å². The third kappa shape index (κ3) is 2.75. The van der Waals surface area contributed by atoms with E-state index in [-0.39, 0.29) is 11.6 Å². The normalized spacial score (nSPS) is 26.2. The number of aryl methyl sites for hydroxylation is 2. The van der Waals surface area contributed by atoms with Crippen LogP contribution in [0.25, 0.3) is 0 Å². The van der Waals surface area contributed by atoms with E-state index in [0.717, 1.165) is 43.9 Å². The van der Waals surface area contributed by atoms with Crippen LogP contribution in [-0.4, -0.2) is 33.1 Å². The molecule has 24 heavy (non-hydrogen) atoms. The van der Waals surface area contributed by atoms with Gasteiger partial charge in [-0.3, -0.25) is 4.68 Å². The van der Waals surface area contributed by atoms with Gasteiger partial charge in [0.15, 0.2) is 5.82 Å². The van der Waals surface area contributed by atoms with Crippen molar-refractivity contribution in [1.29, 1.82) is 0 Å². The van der Waals surface area contributed by atoms with Crippen LogP contribution in [0.5, 0.6) is 0 Å². The molecule has 0 aromatic carbocycles. The molecule has 3 heterocycles. The summed E-state index contributed by atoms with van der Waals surface area (Å²) < 4.78 is 13.1. The Labute approximate surface area is 141 Å². The SMILES string of the molecule is Cc1nc(C2(NC[C@@H]3CCO[C@H]3c3ccnn3C)CCCC2)no1. The van der Waals surface area contributed by atoms with Gasteiger partial charge in [0.25, 0.3) is 0 Å². The first kappa shape index (κ1) is 15.8.